The Balaban J connectivity index is 3.29. The highest BCUT2D eigenvalue weighted by Gasteiger charge is 1.77. The van der Waals surface area contributed by atoms with Crippen LogP contribution in [0.3, 0.4) is 0 Å². The third-order valence-corrected chi connectivity index (χ3v) is 1.30. The van der Waals surface area contributed by atoms with E-state index in [1.165, 1.54) is 4.91 Å². The maximum atomic E-state index is 4.17. The average Bonchev–Trinajstić information content (AvgIpc) is 1.68. The van der Waals surface area contributed by atoms with Crippen molar-refractivity contribution in [3.05, 3.63) is 11.0 Å². The Bertz CT molecular complexity index is 64.6. The van der Waals surface area contributed by atoms with E-state index >= 15 is 0 Å². The molecule has 0 aliphatic carbocycles. The van der Waals surface area contributed by atoms with E-state index < -0.39 is 0 Å². The molecule has 0 aromatic heterocycles. The highest BCUT2D eigenvalue weighted by Crippen LogP contribution is 2.04. The lowest BCUT2D eigenvalue weighted by atomic mass is 10.3. The van der Waals surface area contributed by atoms with Crippen molar-refractivity contribution in [2.24, 2.45) is 0 Å². The van der Waals surface area contributed by atoms with Crippen molar-refractivity contribution >= 4 is 12.6 Å². The first kappa shape index (κ1) is 7.09. The fourth-order valence-electron chi connectivity index (χ4n) is 0.380. The SMILES string of the molecule is CC/C=C(/S)CC. The molecule has 0 atom stereocenters. The van der Waals surface area contributed by atoms with E-state index in [9.17, 15) is 0 Å². The van der Waals surface area contributed by atoms with E-state index in [0.717, 1.165) is 12.8 Å². The Morgan fingerprint density at radius 1 is 1.57 bits per heavy atom. The lowest BCUT2D eigenvalue weighted by Gasteiger charge is -1.87. The summed E-state index contributed by atoms with van der Waals surface area (Å²) < 4.78 is 0. The first-order valence-electron chi connectivity index (χ1n) is 2.69. The molecule has 0 N–H and O–H groups in total. The van der Waals surface area contributed by atoms with Gasteiger partial charge >= 0.3 is 0 Å². The van der Waals surface area contributed by atoms with Crippen LogP contribution in [0.4, 0.5) is 0 Å². The van der Waals surface area contributed by atoms with Gasteiger partial charge in [0.05, 0.1) is 0 Å². The highest BCUT2D eigenvalue weighted by molar-refractivity contribution is 7.84. The predicted molar refractivity (Wildman–Crippen MR) is 37.7 cm³/mol. The van der Waals surface area contributed by atoms with Crippen LogP contribution in [0.15, 0.2) is 11.0 Å². The van der Waals surface area contributed by atoms with E-state index in [4.69, 9.17) is 0 Å². The van der Waals surface area contributed by atoms with Crippen LogP contribution in [0.25, 0.3) is 0 Å². The summed E-state index contributed by atoms with van der Waals surface area (Å²) >= 11 is 4.17. The number of rotatable bonds is 2. The Morgan fingerprint density at radius 2 is 2.14 bits per heavy atom. The number of allylic oxidation sites excluding steroid dienone is 2. The van der Waals surface area contributed by atoms with E-state index in [-0.39, 0.29) is 0 Å². The van der Waals surface area contributed by atoms with Gasteiger partial charge in [-0.3, -0.25) is 0 Å². The molecule has 42 valence electrons. The van der Waals surface area contributed by atoms with Crippen LogP contribution in [-0.2, 0) is 0 Å². The lowest BCUT2D eigenvalue weighted by molar-refractivity contribution is 1.14. The van der Waals surface area contributed by atoms with Gasteiger partial charge in [0.2, 0.25) is 0 Å². The summed E-state index contributed by atoms with van der Waals surface area (Å²) in [5.74, 6) is 0. The molecule has 0 saturated heterocycles. The van der Waals surface area contributed by atoms with Crippen molar-refractivity contribution in [1.82, 2.24) is 0 Å². The standard InChI is InChI=1S/C6H12S/c1-3-5-6(7)4-2/h5,7H,3-4H2,1-2H3/b6-5+. The molecule has 0 saturated carbocycles. The minimum atomic E-state index is 1.07. The summed E-state index contributed by atoms with van der Waals surface area (Å²) in [5.41, 5.74) is 0. The van der Waals surface area contributed by atoms with Gasteiger partial charge in [-0.15, -0.1) is 12.6 Å². The highest BCUT2D eigenvalue weighted by atomic mass is 32.1. The molecule has 0 unspecified atom stereocenters. The van der Waals surface area contributed by atoms with Gasteiger partial charge < -0.3 is 0 Å². The maximum absolute atomic E-state index is 4.17. The van der Waals surface area contributed by atoms with Crippen LogP contribution in [0.1, 0.15) is 26.7 Å². The zero-order valence-corrected chi connectivity index (χ0v) is 5.83. The summed E-state index contributed by atoms with van der Waals surface area (Å²) in [7, 11) is 0. The fraction of sp³-hybridized carbons (Fsp3) is 0.667. The fourth-order valence-corrected chi connectivity index (χ4v) is 0.563. The number of hydrogen-bond donors (Lipinski definition) is 1. The molecule has 0 nitrogen and oxygen atoms in total. The normalized spacial score (nSPS) is 12.1. The van der Waals surface area contributed by atoms with Gasteiger partial charge in [0.25, 0.3) is 0 Å². The van der Waals surface area contributed by atoms with Gasteiger partial charge in [-0.1, -0.05) is 19.9 Å². The second-order valence-electron chi connectivity index (χ2n) is 1.46. The lowest BCUT2D eigenvalue weighted by Crippen LogP contribution is -1.63. The van der Waals surface area contributed by atoms with Crippen molar-refractivity contribution in [2.45, 2.75) is 26.7 Å². The molecule has 7 heavy (non-hydrogen) atoms. The Labute approximate surface area is 51.0 Å². The minimum Gasteiger partial charge on any atom is -0.148 e. The molecule has 0 heterocycles. The van der Waals surface area contributed by atoms with E-state index in [2.05, 4.69) is 32.6 Å². The summed E-state index contributed by atoms with van der Waals surface area (Å²) in [4.78, 5) is 1.20. The Morgan fingerprint density at radius 3 is 2.29 bits per heavy atom. The van der Waals surface area contributed by atoms with E-state index in [1.807, 2.05) is 0 Å². The molecule has 0 aliphatic heterocycles. The summed E-state index contributed by atoms with van der Waals surface area (Å²) in [6.07, 6.45) is 4.30. The first-order valence-corrected chi connectivity index (χ1v) is 3.14. The van der Waals surface area contributed by atoms with Crippen molar-refractivity contribution < 1.29 is 0 Å². The zero-order valence-electron chi connectivity index (χ0n) is 4.94. The molecular weight excluding hydrogens is 104 g/mol. The minimum absolute atomic E-state index is 1.07. The van der Waals surface area contributed by atoms with Gasteiger partial charge in [-0.05, 0) is 17.7 Å². The molecule has 1 heteroatoms. The number of thiol groups is 1. The van der Waals surface area contributed by atoms with Crippen molar-refractivity contribution in [1.29, 1.82) is 0 Å². The zero-order chi connectivity index (χ0) is 5.70. The molecule has 0 aromatic carbocycles. The molecule has 0 amide bonds. The van der Waals surface area contributed by atoms with E-state index in [0.29, 0.717) is 0 Å². The van der Waals surface area contributed by atoms with Crippen LogP contribution in [0.2, 0.25) is 0 Å². The molecule has 0 aliphatic rings. The first-order chi connectivity index (χ1) is 3.31. The molecule has 0 aromatic rings. The van der Waals surface area contributed by atoms with Crippen LogP contribution in [-0.4, -0.2) is 0 Å². The smallest absolute Gasteiger partial charge is 0.0227 e. The predicted octanol–water partition coefficient (Wildman–Crippen LogP) is 2.62. The monoisotopic (exact) mass is 116 g/mol. The molecule has 0 radical (unpaired) electrons. The largest absolute Gasteiger partial charge is 0.148 e. The Kier molecular flexibility index (Phi) is 4.31. The molecule has 0 spiro atoms. The number of hydrogen-bond acceptors (Lipinski definition) is 1. The van der Waals surface area contributed by atoms with Gasteiger partial charge in [0.1, 0.15) is 0 Å². The summed E-state index contributed by atoms with van der Waals surface area (Å²) in [5, 5.41) is 0. The summed E-state index contributed by atoms with van der Waals surface area (Å²) in [6, 6.07) is 0. The maximum Gasteiger partial charge on any atom is -0.0227 e. The second kappa shape index (κ2) is 4.25. The van der Waals surface area contributed by atoms with Gasteiger partial charge in [-0.25, -0.2) is 0 Å². The average molecular weight is 116 g/mol. The molecule has 0 fully saturated rings. The van der Waals surface area contributed by atoms with Gasteiger partial charge in [0, 0.05) is 0 Å². The van der Waals surface area contributed by atoms with Crippen molar-refractivity contribution in [3.63, 3.8) is 0 Å². The third kappa shape index (κ3) is 3.93. The quantitative estimate of drug-likeness (QED) is 0.527. The van der Waals surface area contributed by atoms with Crippen LogP contribution in [0, 0.1) is 0 Å². The van der Waals surface area contributed by atoms with Crippen molar-refractivity contribution in [3.8, 4) is 0 Å². The molecule has 0 bridgehead atoms. The van der Waals surface area contributed by atoms with Crippen molar-refractivity contribution in [2.75, 3.05) is 0 Å². The van der Waals surface area contributed by atoms with Gasteiger partial charge in [-0.2, -0.15) is 0 Å². The van der Waals surface area contributed by atoms with E-state index in [1.54, 1.807) is 0 Å². The Hall–Kier alpha value is 0.0900. The topological polar surface area (TPSA) is 0 Å². The second-order valence-corrected chi connectivity index (χ2v) is 2.03. The molecule has 0 rings (SSSR count). The molecular formula is C6H12S. The van der Waals surface area contributed by atoms with Crippen LogP contribution in [0.5, 0.6) is 0 Å². The third-order valence-electron chi connectivity index (χ3n) is 0.802. The van der Waals surface area contributed by atoms with Gasteiger partial charge in [0.15, 0.2) is 0 Å². The van der Waals surface area contributed by atoms with Crippen LogP contribution >= 0.6 is 12.6 Å². The van der Waals surface area contributed by atoms with Crippen LogP contribution < -0.4 is 0 Å². The summed E-state index contributed by atoms with van der Waals surface area (Å²) in [6.45, 7) is 4.22.